The summed E-state index contributed by atoms with van der Waals surface area (Å²) in [7, 11) is -4.07. The highest BCUT2D eigenvalue weighted by molar-refractivity contribution is 7.90. The highest BCUT2D eigenvalue weighted by Gasteiger charge is 2.21. The van der Waals surface area contributed by atoms with E-state index in [-0.39, 0.29) is 11.3 Å². The molecule has 0 saturated heterocycles. The van der Waals surface area contributed by atoms with Gasteiger partial charge in [-0.25, -0.2) is 17.8 Å². The molecule has 9 heteroatoms. The number of amides is 1. The molecule has 0 saturated carbocycles. The summed E-state index contributed by atoms with van der Waals surface area (Å²) in [6, 6.07) is 29.8. The van der Waals surface area contributed by atoms with Crippen molar-refractivity contribution in [2.45, 2.75) is 11.3 Å². The van der Waals surface area contributed by atoms with Gasteiger partial charge in [0.25, 0.3) is 10.0 Å². The Kier molecular flexibility index (Phi) is 8.04. The summed E-state index contributed by atoms with van der Waals surface area (Å²) in [4.78, 5) is 12.9. The van der Waals surface area contributed by atoms with Crippen LogP contribution in [0.4, 0.5) is 0 Å². The maximum absolute atomic E-state index is 12.9. The van der Waals surface area contributed by atoms with Gasteiger partial charge < -0.3 is 0 Å². The molecule has 0 bridgehead atoms. The fourth-order valence-electron chi connectivity index (χ4n) is 3.95. The molecule has 6 nitrogen and oxygen atoms in total. The highest BCUT2D eigenvalue weighted by atomic mass is 35.5. The predicted octanol–water partition coefficient (Wildman–Crippen LogP) is 6.29. The Morgan fingerprint density at radius 1 is 0.800 bits per heavy atom. The third-order valence-corrected chi connectivity index (χ3v) is 7.74. The van der Waals surface area contributed by atoms with Crippen molar-refractivity contribution < 1.29 is 13.2 Å². The normalized spacial score (nSPS) is 10.9. The van der Waals surface area contributed by atoms with Crippen molar-refractivity contribution in [2.24, 2.45) is 0 Å². The number of halogens is 2. The van der Waals surface area contributed by atoms with Gasteiger partial charge in [-0.05, 0) is 66.7 Å². The first-order valence-electron chi connectivity index (χ1n) is 12.1. The lowest BCUT2D eigenvalue weighted by Crippen LogP contribution is -2.31. The van der Waals surface area contributed by atoms with Gasteiger partial charge in [0.1, 0.15) is 0 Å². The van der Waals surface area contributed by atoms with E-state index in [1.165, 1.54) is 24.3 Å². The van der Waals surface area contributed by atoms with Crippen molar-refractivity contribution in [3.8, 4) is 28.8 Å². The molecule has 0 aliphatic heterocycles. The number of nitrogens with zero attached hydrogens (tertiary/aromatic N) is 2. The minimum atomic E-state index is -4.07. The molecule has 0 fully saturated rings. The summed E-state index contributed by atoms with van der Waals surface area (Å²) in [6.45, 7) is 0. The molecule has 5 rings (SSSR count). The molecule has 0 unspecified atom stereocenters. The molecule has 40 heavy (non-hydrogen) atoms. The zero-order valence-corrected chi connectivity index (χ0v) is 23.2. The lowest BCUT2D eigenvalue weighted by atomic mass is 10.0. The molecule has 1 aromatic heterocycles. The van der Waals surface area contributed by atoms with Crippen molar-refractivity contribution in [1.29, 1.82) is 0 Å². The molecule has 0 spiro atoms. The standard InChI is InChI=1S/C31H21Cl2N3O3S/c32-26-15-17-29(18-16-26)40(38,39)35-30(37)20-25-21-36(28-7-2-1-3-8-28)34-31(25)24-13-11-22(12-14-24)9-10-23-5-4-6-27(33)19-23/h1-8,11-19,21H,20H2,(H,35,37). The Hall–Kier alpha value is -4.35. The number of para-hydroxylation sites is 1. The molecule has 0 aliphatic carbocycles. The number of sulfonamides is 1. The zero-order chi connectivity index (χ0) is 28.1. The molecule has 0 aliphatic rings. The lowest BCUT2D eigenvalue weighted by molar-refractivity contribution is -0.118. The van der Waals surface area contributed by atoms with Gasteiger partial charge in [0.05, 0.1) is 22.7 Å². The Morgan fingerprint density at radius 3 is 2.20 bits per heavy atom. The van der Waals surface area contributed by atoms with Gasteiger partial charge in [-0.1, -0.05) is 71.4 Å². The zero-order valence-electron chi connectivity index (χ0n) is 20.9. The van der Waals surface area contributed by atoms with Gasteiger partial charge in [0.15, 0.2) is 0 Å². The Balaban J connectivity index is 1.42. The number of rotatable bonds is 6. The lowest BCUT2D eigenvalue weighted by Gasteiger charge is -2.07. The third-order valence-electron chi connectivity index (χ3n) is 5.87. The molecule has 1 N–H and O–H groups in total. The molecular formula is C31H21Cl2N3O3S. The first kappa shape index (κ1) is 27.2. The minimum Gasteiger partial charge on any atom is -0.274 e. The van der Waals surface area contributed by atoms with Crippen LogP contribution in [0.15, 0.2) is 114 Å². The molecule has 1 heterocycles. The van der Waals surface area contributed by atoms with Crippen molar-refractivity contribution >= 4 is 39.1 Å². The van der Waals surface area contributed by atoms with Crippen molar-refractivity contribution in [1.82, 2.24) is 14.5 Å². The maximum atomic E-state index is 12.9. The van der Waals surface area contributed by atoms with Gasteiger partial charge >= 0.3 is 0 Å². The largest absolute Gasteiger partial charge is 0.274 e. The van der Waals surface area contributed by atoms with E-state index in [1.54, 1.807) is 23.0 Å². The first-order valence-corrected chi connectivity index (χ1v) is 14.3. The molecule has 198 valence electrons. The molecule has 0 radical (unpaired) electrons. The second-order valence-electron chi connectivity index (χ2n) is 8.78. The Labute approximate surface area is 242 Å². The fraction of sp³-hybridized carbons (Fsp3) is 0.0323. The average Bonchev–Trinajstić information content (AvgIpc) is 3.36. The van der Waals surface area contributed by atoms with E-state index in [0.29, 0.717) is 21.3 Å². The van der Waals surface area contributed by atoms with Crippen LogP contribution in [0, 0.1) is 11.8 Å². The maximum Gasteiger partial charge on any atom is 0.264 e. The summed E-state index contributed by atoms with van der Waals surface area (Å²) in [5.74, 6) is 5.52. The van der Waals surface area contributed by atoms with Gasteiger partial charge in [-0.3, -0.25) is 4.79 Å². The van der Waals surface area contributed by atoms with Gasteiger partial charge in [-0.15, -0.1) is 0 Å². The van der Waals surface area contributed by atoms with Gasteiger partial charge in [-0.2, -0.15) is 5.10 Å². The van der Waals surface area contributed by atoms with Crippen LogP contribution < -0.4 is 4.72 Å². The van der Waals surface area contributed by atoms with E-state index in [9.17, 15) is 13.2 Å². The van der Waals surface area contributed by atoms with Crippen LogP contribution in [-0.4, -0.2) is 24.1 Å². The summed E-state index contributed by atoms with van der Waals surface area (Å²) >= 11 is 11.9. The van der Waals surface area contributed by atoms with Crippen LogP contribution in [0.1, 0.15) is 16.7 Å². The van der Waals surface area contributed by atoms with Crippen LogP contribution in [-0.2, 0) is 21.2 Å². The predicted molar refractivity (Wildman–Crippen MR) is 157 cm³/mol. The summed E-state index contributed by atoms with van der Waals surface area (Å²) in [5, 5.41) is 5.74. The molecule has 0 atom stereocenters. The second-order valence-corrected chi connectivity index (χ2v) is 11.3. The number of carbonyl (C=O) groups is 1. The molecular weight excluding hydrogens is 565 g/mol. The molecule has 1 amide bonds. The van der Waals surface area contributed by atoms with Crippen LogP contribution in [0.2, 0.25) is 10.0 Å². The van der Waals surface area contributed by atoms with Crippen LogP contribution in [0.3, 0.4) is 0 Å². The van der Waals surface area contributed by atoms with Crippen LogP contribution >= 0.6 is 23.2 Å². The van der Waals surface area contributed by atoms with Crippen LogP contribution in [0.25, 0.3) is 16.9 Å². The number of hydrogen-bond donors (Lipinski definition) is 1. The minimum absolute atomic E-state index is 0.0556. The SMILES string of the molecule is O=C(Cc1cn(-c2ccccc2)nc1-c1ccc(C#Cc2cccc(Cl)c2)cc1)NS(=O)(=O)c1ccc(Cl)cc1. The van der Waals surface area contributed by atoms with E-state index in [2.05, 4.69) is 16.6 Å². The first-order chi connectivity index (χ1) is 19.3. The summed E-state index contributed by atoms with van der Waals surface area (Å²) in [6.07, 6.45) is 1.53. The smallest absolute Gasteiger partial charge is 0.264 e. The Morgan fingerprint density at radius 2 is 1.50 bits per heavy atom. The van der Waals surface area contributed by atoms with E-state index < -0.39 is 15.9 Å². The van der Waals surface area contributed by atoms with Crippen molar-refractivity contribution in [3.05, 3.63) is 136 Å². The number of hydrogen-bond acceptors (Lipinski definition) is 4. The Bertz CT molecular complexity index is 1840. The monoisotopic (exact) mass is 585 g/mol. The van der Waals surface area contributed by atoms with E-state index in [0.717, 1.165) is 22.4 Å². The number of benzene rings is 4. The summed E-state index contributed by atoms with van der Waals surface area (Å²) in [5.41, 5.74) is 4.27. The van der Waals surface area contributed by atoms with Crippen molar-refractivity contribution in [2.75, 3.05) is 0 Å². The number of carbonyl (C=O) groups excluding carboxylic acids is 1. The fourth-order valence-corrected chi connectivity index (χ4v) is 5.25. The van der Waals surface area contributed by atoms with E-state index in [4.69, 9.17) is 28.3 Å². The number of aromatic nitrogens is 2. The van der Waals surface area contributed by atoms with E-state index in [1.807, 2.05) is 66.7 Å². The van der Waals surface area contributed by atoms with Gasteiger partial charge in [0.2, 0.25) is 5.91 Å². The molecule has 5 aromatic rings. The number of nitrogens with one attached hydrogen (secondary N) is 1. The van der Waals surface area contributed by atoms with Crippen LogP contribution in [0.5, 0.6) is 0 Å². The highest BCUT2D eigenvalue weighted by Crippen LogP contribution is 2.25. The van der Waals surface area contributed by atoms with Gasteiger partial charge in [0, 0.05) is 38.5 Å². The third kappa shape index (κ3) is 6.61. The average molecular weight is 587 g/mol. The quantitative estimate of drug-likeness (QED) is 0.237. The van der Waals surface area contributed by atoms with E-state index >= 15 is 0 Å². The molecule has 4 aromatic carbocycles. The second kappa shape index (κ2) is 11.8. The van der Waals surface area contributed by atoms with Crippen molar-refractivity contribution in [3.63, 3.8) is 0 Å². The topological polar surface area (TPSA) is 81.1 Å². The summed E-state index contributed by atoms with van der Waals surface area (Å²) < 4.78 is 29.3.